The molecule has 0 radical (unpaired) electrons. The van der Waals surface area contributed by atoms with Gasteiger partial charge < -0.3 is 46.1 Å². The molecule has 0 heterocycles. The number of rotatable bonds is 17. The minimum atomic E-state index is -1.90. The van der Waals surface area contributed by atoms with Gasteiger partial charge in [0.25, 0.3) is 0 Å². The number of carbonyl (C=O) groups is 6. The van der Waals surface area contributed by atoms with Gasteiger partial charge in [0.05, 0.1) is 0 Å². The van der Waals surface area contributed by atoms with Crippen LogP contribution in [0.15, 0.2) is 0 Å². The Morgan fingerprint density at radius 3 is 1.55 bits per heavy atom. The Labute approximate surface area is 187 Å². The summed E-state index contributed by atoms with van der Waals surface area (Å²) in [6.07, 6.45) is -9.70. The molecule has 0 spiro atoms. The van der Waals surface area contributed by atoms with Crippen molar-refractivity contribution in [1.82, 2.24) is 0 Å². The zero-order chi connectivity index (χ0) is 25.6. The third-order valence-electron chi connectivity index (χ3n) is 3.98. The molecule has 0 bridgehead atoms. The number of esters is 3. The molecule has 0 rings (SSSR count). The molecule has 0 aromatic heterocycles. The van der Waals surface area contributed by atoms with Crippen LogP contribution in [0.4, 0.5) is 0 Å². The normalized spacial score (nSPS) is 14.3. The van der Waals surface area contributed by atoms with Gasteiger partial charge in [0, 0.05) is 32.1 Å². The summed E-state index contributed by atoms with van der Waals surface area (Å²) in [5.41, 5.74) is 10.4. The summed E-state index contributed by atoms with van der Waals surface area (Å²) < 4.78 is 14.2. The van der Waals surface area contributed by atoms with Crippen LogP contribution in [0.25, 0.3) is 0 Å². The Kier molecular flexibility index (Phi) is 13.9. The second-order valence-corrected chi connectivity index (χ2v) is 6.65. The van der Waals surface area contributed by atoms with Crippen molar-refractivity contribution >= 4 is 35.8 Å². The van der Waals surface area contributed by atoms with Gasteiger partial charge in [-0.1, -0.05) is 0 Å². The lowest BCUT2D eigenvalue weighted by molar-refractivity contribution is -0.178. The van der Waals surface area contributed by atoms with E-state index < -0.39 is 85.9 Å². The van der Waals surface area contributed by atoms with Crippen LogP contribution < -0.4 is 11.5 Å². The summed E-state index contributed by atoms with van der Waals surface area (Å²) >= 11 is 0. The van der Waals surface area contributed by atoms with E-state index in [-0.39, 0.29) is 25.9 Å². The molecular formula is C18H28N2O13. The van der Waals surface area contributed by atoms with E-state index in [2.05, 4.69) is 4.74 Å². The standard InChI is InChI=1S/C18H28N2O13/c19-7-5-10(15(25)26)32-17(29)9(21)1-4-14(24)31-12(2-3-13(22)23)18(30)33-11(6-8-20)16(27)28/h9-12,21H,1-8,19-20H2,(H,22,23)(H,25,26)(H,27,28)/t9-,10-,11-,12-/m0/s1. The Balaban J connectivity index is 4.96. The van der Waals surface area contributed by atoms with E-state index in [1.165, 1.54) is 0 Å². The van der Waals surface area contributed by atoms with Gasteiger partial charge in [-0.25, -0.2) is 19.2 Å². The van der Waals surface area contributed by atoms with Crippen molar-refractivity contribution in [3.8, 4) is 0 Å². The number of hydrogen-bond donors (Lipinski definition) is 6. The van der Waals surface area contributed by atoms with Gasteiger partial charge in [0.1, 0.15) is 0 Å². The highest BCUT2D eigenvalue weighted by molar-refractivity contribution is 5.84. The Bertz CT molecular complexity index is 711. The highest BCUT2D eigenvalue weighted by Crippen LogP contribution is 2.12. The average Bonchev–Trinajstić information content (AvgIpc) is 2.73. The molecule has 15 heteroatoms. The van der Waals surface area contributed by atoms with E-state index in [0.29, 0.717) is 0 Å². The van der Waals surface area contributed by atoms with Crippen molar-refractivity contribution in [3.05, 3.63) is 0 Å². The second kappa shape index (κ2) is 15.5. The number of aliphatic hydroxyl groups excluding tert-OH is 1. The first-order chi connectivity index (χ1) is 15.4. The molecule has 33 heavy (non-hydrogen) atoms. The summed E-state index contributed by atoms with van der Waals surface area (Å²) in [5.74, 6) is -8.09. The topological polar surface area (TPSA) is 263 Å². The highest BCUT2D eigenvalue weighted by atomic mass is 16.6. The molecule has 0 fully saturated rings. The van der Waals surface area contributed by atoms with E-state index in [1.54, 1.807) is 0 Å². The minimum Gasteiger partial charge on any atom is -0.481 e. The molecule has 0 amide bonds. The fourth-order valence-electron chi connectivity index (χ4n) is 2.27. The van der Waals surface area contributed by atoms with Crippen LogP contribution in [0.2, 0.25) is 0 Å². The van der Waals surface area contributed by atoms with E-state index >= 15 is 0 Å². The lowest BCUT2D eigenvalue weighted by Crippen LogP contribution is -2.37. The molecule has 0 aliphatic heterocycles. The van der Waals surface area contributed by atoms with Crippen molar-refractivity contribution in [3.63, 3.8) is 0 Å². The number of carboxylic acid groups (broad SMARTS) is 3. The van der Waals surface area contributed by atoms with Gasteiger partial charge in [0.2, 0.25) is 0 Å². The second-order valence-electron chi connectivity index (χ2n) is 6.65. The molecule has 0 saturated heterocycles. The van der Waals surface area contributed by atoms with Gasteiger partial charge in [0.15, 0.2) is 24.4 Å². The van der Waals surface area contributed by atoms with Crippen LogP contribution in [-0.2, 0) is 43.0 Å². The van der Waals surface area contributed by atoms with Gasteiger partial charge in [-0.3, -0.25) is 9.59 Å². The van der Waals surface area contributed by atoms with Crippen molar-refractivity contribution < 1.29 is 63.4 Å². The fraction of sp³-hybridized carbons (Fsp3) is 0.667. The maximum Gasteiger partial charge on any atom is 0.348 e. The number of ether oxygens (including phenoxy) is 3. The van der Waals surface area contributed by atoms with E-state index in [1.807, 2.05) is 0 Å². The van der Waals surface area contributed by atoms with Gasteiger partial charge in [-0.2, -0.15) is 0 Å². The first kappa shape index (κ1) is 29.7. The number of aliphatic hydroxyl groups is 1. The molecule has 15 nitrogen and oxygen atoms in total. The maximum atomic E-state index is 12.2. The van der Waals surface area contributed by atoms with E-state index in [9.17, 15) is 33.9 Å². The molecular weight excluding hydrogens is 452 g/mol. The highest BCUT2D eigenvalue weighted by Gasteiger charge is 2.31. The quantitative estimate of drug-likeness (QED) is 0.0935. The van der Waals surface area contributed by atoms with Crippen LogP contribution >= 0.6 is 0 Å². The number of nitrogens with two attached hydrogens (primary N) is 2. The summed E-state index contributed by atoms with van der Waals surface area (Å²) in [4.78, 5) is 68.8. The van der Waals surface area contributed by atoms with Crippen LogP contribution in [0.5, 0.6) is 0 Å². The maximum absolute atomic E-state index is 12.2. The SMILES string of the molecule is NCC[C@H](OC(=O)[C@H](CCC(=O)O)OC(=O)CC[C@H](O)C(=O)O[C@@H](CCN)C(=O)O)C(=O)O. The summed E-state index contributed by atoms with van der Waals surface area (Å²) in [6, 6.07) is 0. The Hall–Kier alpha value is -3.30. The molecule has 4 atom stereocenters. The third kappa shape index (κ3) is 12.4. The largest absolute Gasteiger partial charge is 0.481 e. The van der Waals surface area contributed by atoms with Gasteiger partial charge >= 0.3 is 35.8 Å². The molecule has 0 saturated carbocycles. The number of aliphatic carboxylic acids is 3. The molecule has 8 N–H and O–H groups in total. The van der Waals surface area contributed by atoms with E-state index in [4.69, 9.17) is 36.3 Å². The summed E-state index contributed by atoms with van der Waals surface area (Å²) in [6.45, 7) is -0.236. The zero-order valence-corrected chi connectivity index (χ0v) is 17.6. The van der Waals surface area contributed by atoms with Crippen LogP contribution in [0.3, 0.4) is 0 Å². The lowest BCUT2D eigenvalue weighted by atomic mass is 10.1. The predicted molar refractivity (Wildman–Crippen MR) is 104 cm³/mol. The lowest BCUT2D eigenvalue weighted by Gasteiger charge is -2.20. The predicted octanol–water partition coefficient (Wildman–Crippen LogP) is -2.41. The van der Waals surface area contributed by atoms with Crippen molar-refractivity contribution in [2.45, 2.75) is 62.9 Å². The Morgan fingerprint density at radius 1 is 0.636 bits per heavy atom. The monoisotopic (exact) mass is 480 g/mol. The third-order valence-corrected chi connectivity index (χ3v) is 3.98. The van der Waals surface area contributed by atoms with Crippen molar-refractivity contribution in [2.24, 2.45) is 11.5 Å². The number of carbonyl (C=O) groups excluding carboxylic acids is 3. The van der Waals surface area contributed by atoms with Crippen LogP contribution in [-0.4, -0.2) is 93.7 Å². The molecule has 0 aliphatic carbocycles. The smallest absolute Gasteiger partial charge is 0.348 e. The van der Waals surface area contributed by atoms with Crippen LogP contribution in [0, 0.1) is 0 Å². The first-order valence-electron chi connectivity index (χ1n) is 9.78. The molecule has 0 aromatic carbocycles. The molecule has 188 valence electrons. The zero-order valence-electron chi connectivity index (χ0n) is 17.6. The molecule has 0 unspecified atom stereocenters. The van der Waals surface area contributed by atoms with Crippen molar-refractivity contribution in [1.29, 1.82) is 0 Å². The minimum absolute atomic E-state index is 0.103. The summed E-state index contributed by atoms with van der Waals surface area (Å²) in [7, 11) is 0. The number of carboxylic acids is 3. The van der Waals surface area contributed by atoms with Gasteiger partial charge in [-0.05, 0) is 19.5 Å². The number of hydrogen-bond acceptors (Lipinski definition) is 12. The van der Waals surface area contributed by atoms with Gasteiger partial charge in [-0.15, -0.1) is 0 Å². The first-order valence-corrected chi connectivity index (χ1v) is 9.78. The fourth-order valence-corrected chi connectivity index (χ4v) is 2.27. The van der Waals surface area contributed by atoms with E-state index in [0.717, 1.165) is 0 Å². The summed E-state index contributed by atoms with van der Waals surface area (Å²) in [5, 5.41) is 36.5. The molecule has 0 aromatic rings. The van der Waals surface area contributed by atoms with Crippen molar-refractivity contribution in [2.75, 3.05) is 13.1 Å². The average molecular weight is 480 g/mol. The molecule has 0 aliphatic rings. The van der Waals surface area contributed by atoms with Crippen LogP contribution in [0.1, 0.15) is 38.5 Å². The Morgan fingerprint density at radius 2 is 1.12 bits per heavy atom.